The van der Waals surface area contributed by atoms with Gasteiger partial charge in [-0.25, -0.2) is 0 Å². The molecule has 1 atom stereocenters. The summed E-state index contributed by atoms with van der Waals surface area (Å²) in [5, 5.41) is 0. The van der Waals surface area contributed by atoms with Gasteiger partial charge in [0, 0.05) is 22.8 Å². The average molecular weight is 282 g/mol. The van der Waals surface area contributed by atoms with Crippen molar-refractivity contribution in [2.75, 3.05) is 19.6 Å². The Morgan fingerprint density at radius 1 is 1.16 bits per heavy atom. The summed E-state index contributed by atoms with van der Waals surface area (Å²) in [7, 11) is 0. The number of rotatable bonds is 9. The van der Waals surface area contributed by atoms with Crippen LogP contribution in [0.25, 0.3) is 0 Å². The van der Waals surface area contributed by atoms with Gasteiger partial charge >= 0.3 is 0 Å². The van der Waals surface area contributed by atoms with Crippen LogP contribution in [0.15, 0.2) is 12.1 Å². The Kier molecular flexibility index (Phi) is 7.66. The van der Waals surface area contributed by atoms with Crippen LogP contribution in [-0.4, -0.2) is 24.5 Å². The minimum Gasteiger partial charge on any atom is -0.329 e. The van der Waals surface area contributed by atoms with E-state index in [-0.39, 0.29) is 0 Å². The second-order valence-electron chi connectivity index (χ2n) is 5.18. The van der Waals surface area contributed by atoms with Crippen molar-refractivity contribution in [1.82, 2.24) is 4.90 Å². The van der Waals surface area contributed by atoms with E-state index >= 15 is 0 Å². The first-order chi connectivity index (χ1) is 9.19. The lowest BCUT2D eigenvalue weighted by atomic mass is 10.0. The van der Waals surface area contributed by atoms with Crippen molar-refractivity contribution in [2.24, 2.45) is 11.7 Å². The molecule has 0 amide bonds. The summed E-state index contributed by atoms with van der Waals surface area (Å²) < 4.78 is 0. The number of aryl methyl sites for hydroxylation is 1. The van der Waals surface area contributed by atoms with E-state index in [1.54, 1.807) is 0 Å². The minimum atomic E-state index is 0.399. The Hall–Kier alpha value is -0.380. The van der Waals surface area contributed by atoms with Crippen molar-refractivity contribution in [3.63, 3.8) is 0 Å². The van der Waals surface area contributed by atoms with E-state index in [0.29, 0.717) is 6.04 Å². The van der Waals surface area contributed by atoms with E-state index in [1.165, 1.54) is 29.1 Å². The highest BCUT2D eigenvalue weighted by Gasteiger charge is 2.21. The lowest BCUT2D eigenvalue weighted by Gasteiger charge is -2.32. The molecule has 19 heavy (non-hydrogen) atoms. The van der Waals surface area contributed by atoms with Crippen LogP contribution in [0.2, 0.25) is 0 Å². The maximum Gasteiger partial charge on any atom is 0.0564 e. The van der Waals surface area contributed by atoms with Gasteiger partial charge in [-0.3, -0.25) is 4.90 Å². The van der Waals surface area contributed by atoms with Crippen molar-refractivity contribution in [2.45, 2.75) is 53.0 Å². The molecule has 3 heteroatoms. The summed E-state index contributed by atoms with van der Waals surface area (Å²) >= 11 is 1.93. The first-order valence-electron chi connectivity index (χ1n) is 7.72. The number of thiophene rings is 1. The Morgan fingerprint density at radius 2 is 1.84 bits per heavy atom. The molecule has 2 N–H and O–H groups in total. The van der Waals surface area contributed by atoms with Crippen LogP contribution in [0, 0.1) is 5.92 Å². The number of hydrogen-bond acceptors (Lipinski definition) is 3. The van der Waals surface area contributed by atoms with E-state index in [1.807, 2.05) is 11.3 Å². The van der Waals surface area contributed by atoms with Crippen molar-refractivity contribution >= 4 is 11.3 Å². The molecule has 0 saturated carbocycles. The Morgan fingerprint density at radius 3 is 2.26 bits per heavy atom. The molecule has 110 valence electrons. The molecule has 0 fully saturated rings. The zero-order chi connectivity index (χ0) is 14.3. The standard InChI is InChI=1S/C16H30N2S/c1-5-13(6-2)12-18(8-4)15(11-17)16-10-9-14(7-3)19-16/h9-10,13,15H,5-8,11-12,17H2,1-4H3. The first-order valence-corrected chi connectivity index (χ1v) is 8.54. The predicted octanol–water partition coefficient (Wildman–Crippen LogP) is 4.07. The molecule has 0 bridgehead atoms. The molecule has 0 aliphatic carbocycles. The van der Waals surface area contributed by atoms with Gasteiger partial charge < -0.3 is 5.73 Å². The summed E-state index contributed by atoms with van der Waals surface area (Å²) in [6, 6.07) is 4.93. The quantitative estimate of drug-likeness (QED) is 0.740. The van der Waals surface area contributed by atoms with Crippen LogP contribution in [0.4, 0.5) is 0 Å². The van der Waals surface area contributed by atoms with Gasteiger partial charge in [0.05, 0.1) is 6.04 Å². The summed E-state index contributed by atoms with van der Waals surface area (Å²) in [5.74, 6) is 0.791. The molecular formula is C16H30N2S. The molecule has 1 rings (SSSR count). The van der Waals surface area contributed by atoms with Crippen molar-refractivity contribution in [1.29, 1.82) is 0 Å². The maximum absolute atomic E-state index is 6.06. The lowest BCUT2D eigenvalue weighted by molar-refractivity contribution is 0.176. The van der Waals surface area contributed by atoms with Crippen LogP contribution >= 0.6 is 11.3 Å². The molecule has 0 radical (unpaired) electrons. The minimum absolute atomic E-state index is 0.399. The number of nitrogens with zero attached hydrogens (tertiary/aromatic N) is 1. The lowest BCUT2D eigenvalue weighted by Crippen LogP contribution is -2.36. The number of nitrogens with two attached hydrogens (primary N) is 1. The maximum atomic E-state index is 6.06. The van der Waals surface area contributed by atoms with Crippen molar-refractivity contribution < 1.29 is 0 Å². The second-order valence-corrected chi connectivity index (χ2v) is 6.38. The third kappa shape index (κ3) is 4.59. The predicted molar refractivity (Wildman–Crippen MR) is 86.8 cm³/mol. The van der Waals surface area contributed by atoms with Crippen molar-refractivity contribution in [3.05, 3.63) is 21.9 Å². The van der Waals surface area contributed by atoms with E-state index in [2.05, 4.69) is 44.7 Å². The van der Waals surface area contributed by atoms with E-state index in [0.717, 1.165) is 25.4 Å². The summed E-state index contributed by atoms with van der Waals surface area (Å²) in [6.07, 6.45) is 3.64. The average Bonchev–Trinajstić information content (AvgIpc) is 2.92. The summed E-state index contributed by atoms with van der Waals surface area (Å²) in [6.45, 7) is 12.0. The third-order valence-electron chi connectivity index (χ3n) is 4.08. The molecular weight excluding hydrogens is 252 g/mol. The molecule has 0 aliphatic heterocycles. The SMILES string of the molecule is CCc1ccc(C(CN)N(CC)CC(CC)CC)s1. The fraction of sp³-hybridized carbons (Fsp3) is 0.750. The topological polar surface area (TPSA) is 29.3 Å². The molecule has 0 spiro atoms. The fourth-order valence-electron chi connectivity index (χ4n) is 2.56. The van der Waals surface area contributed by atoms with Crippen LogP contribution in [0.1, 0.15) is 56.3 Å². The third-order valence-corrected chi connectivity index (χ3v) is 5.41. The van der Waals surface area contributed by atoms with Crippen molar-refractivity contribution in [3.8, 4) is 0 Å². The zero-order valence-electron chi connectivity index (χ0n) is 13.0. The van der Waals surface area contributed by atoms with Gasteiger partial charge in [-0.15, -0.1) is 11.3 Å². The van der Waals surface area contributed by atoms with Gasteiger partial charge in [-0.2, -0.15) is 0 Å². The van der Waals surface area contributed by atoms with Gasteiger partial charge in [0.1, 0.15) is 0 Å². The fourth-order valence-corrected chi connectivity index (χ4v) is 3.66. The molecule has 1 heterocycles. The second kappa shape index (κ2) is 8.72. The Bertz CT molecular complexity index is 344. The van der Waals surface area contributed by atoms with Gasteiger partial charge in [-0.05, 0) is 31.0 Å². The Labute approximate surface area is 123 Å². The van der Waals surface area contributed by atoms with Crippen LogP contribution in [0.5, 0.6) is 0 Å². The van der Waals surface area contributed by atoms with Gasteiger partial charge in [0.15, 0.2) is 0 Å². The molecule has 1 unspecified atom stereocenters. The largest absolute Gasteiger partial charge is 0.329 e. The monoisotopic (exact) mass is 282 g/mol. The smallest absolute Gasteiger partial charge is 0.0564 e. The number of hydrogen-bond donors (Lipinski definition) is 1. The van der Waals surface area contributed by atoms with Gasteiger partial charge in [0.2, 0.25) is 0 Å². The molecule has 0 saturated heterocycles. The first kappa shape index (κ1) is 16.7. The summed E-state index contributed by atoms with van der Waals surface area (Å²) in [5.41, 5.74) is 6.06. The Balaban J connectivity index is 2.79. The summed E-state index contributed by atoms with van der Waals surface area (Å²) in [4.78, 5) is 5.46. The molecule has 0 aromatic carbocycles. The highest BCUT2D eigenvalue weighted by Crippen LogP contribution is 2.28. The van der Waals surface area contributed by atoms with Crippen LogP contribution in [0.3, 0.4) is 0 Å². The normalized spacial score (nSPS) is 13.4. The molecule has 1 aromatic rings. The highest BCUT2D eigenvalue weighted by molar-refractivity contribution is 7.12. The van der Waals surface area contributed by atoms with Gasteiger partial charge in [-0.1, -0.05) is 40.5 Å². The molecule has 0 aliphatic rings. The van der Waals surface area contributed by atoms with Crippen LogP contribution < -0.4 is 5.73 Å². The van der Waals surface area contributed by atoms with Gasteiger partial charge in [0.25, 0.3) is 0 Å². The van der Waals surface area contributed by atoms with E-state index < -0.39 is 0 Å². The van der Waals surface area contributed by atoms with E-state index in [9.17, 15) is 0 Å². The zero-order valence-corrected chi connectivity index (χ0v) is 13.8. The number of likely N-dealkylation sites (N-methyl/N-ethyl adjacent to an activating group) is 1. The van der Waals surface area contributed by atoms with Crippen LogP contribution in [-0.2, 0) is 6.42 Å². The molecule has 1 aromatic heterocycles. The molecule has 2 nitrogen and oxygen atoms in total. The highest BCUT2D eigenvalue weighted by atomic mass is 32.1. The van der Waals surface area contributed by atoms with E-state index in [4.69, 9.17) is 5.73 Å².